The summed E-state index contributed by atoms with van der Waals surface area (Å²) in [6, 6.07) is 3.43. The van der Waals surface area contributed by atoms with Crippen molar-refractivity contribution in [2.45, 2.75) is 26.3 Å². The van der Waals surface area contributed by atoms with Crippen LogP contribution in [-0.2, 0) is 6.42 Å². The van der Waals surface area contributed by atoms with E-state index < -0.39 is 17.7 Å². The van der Waals surface area contributed by atoms with Crippen molar-refractivity contribution >= 4 is 41.3 Å². The number of aliphatic imine (C=N–C) groups is 1. The van der Waals surface area contributed by atoms with Gasteiger partial charge in [-0.1, -0.05) is 6.07 Å². The first kappa shape index (κ1) is 24.7. The number of guanidine groups is 1. The third-order valence-corrected chi connectivity index (χ3v) is 4.89. The maximum atomic E-state index is 14.2. The molecule has 0 saturated heterocycles. The summed E-state index contributed by atoms with van der Waals surface area (Å²) in [4.78, 5) is 10.7. The van der Waals surface area contributed by atoms with E-state index in [0.29, 0.717) is 19.0 Å². The lowest BCUT2D eigenvalue weighted by molar-refractivity contribution is 0.290. The van der Waals surface area contributed by atoms with E-state index in [4.69, 9.17) is 0 Å². The number of halogens is 3. The summed E-state index contributed by atoms with van der Waals surface area (Å²) in [5.41, 5.74) is 1.08. The van der Waals surface area contributed by atoms with Crippen molar-refractivity contribution in [1.82, 2.24) is 20.5 Å². The molecule has 0 radical (unpaired) electrons. The third kappa shape index (κ3) is 7.25. The quantitative estimate of drug-likeness (QED) is 0.315. The predicted octanol–water partition coefficient (Wildman–Crippen LogP) is 3.75. The first-order chi connectivity index (χ1) is 12.9. The molecule has 2 rings (SSSR count). The molecule has 1 atom stereocenters. The second-order valence-corrected chi connectivity index (χ2v) is 7.43. The van der Waals surface area contributed by atoms with Crippen LogP contribution in [0.5, 0.6) is 0 Å². The Kier molecular flexibility index (Phi) is 10.8. The van der Waals surface area contributed by atoms with Crippen molar-refractivity contribution in [2.75, 3.05) is 33.7 Å². The van der Waals surface area contributed by atoms with Gasteiger partial charge in [-0.3, -0.25) is 4.99 Å². The molecule has 2 N–H and O–H groups in total. The SMILES string of the molecule is CCNC(=NCC(c1c(F)cccc1F)N(C)C)NCCc1csc(C)n1.I. The number of benzene rings is 1. The Hall–Kier alpha value is -1.33. The Bertz CT molecular complexity index is 746. The first-order valence-corrected chi connectivity index (χ1v) is 9.83. The van der Waals surface area contributed by atoms with Gasteiger partial charge in [0.15, 0.2) is 5.96 Å². The molecule has 1 heterocycles. The van der Waals surface area contributed by atoms with Gasteiger partial charge in [0.25, 0.3) is 0 Å². The van der Waals surface area contributed by atoms with E-state index in [-0.39, 0.29) is 36.1 Å². The van der Waals surface area contributed by atoms with Crippen LogP contribution in [0.3, 0.4) is 0 Å². The van der Waals surface area contributed by atoms with Crippen molar-refractivity contribution in [3.05, 3.63) is 51.5 Å². The van der Waals surface area contributed by atoms with E-state index in [1.807, 2.05) is 19.2 Å². The molecule has 28 heavy (non-hydrogen) atoms. The number of rotatable bonds is 8. The van der Waals surface area contributed by atoms with E-state index in [9.17, 15) is 8.78 Å². The fourth-order valence-electron chi connectivity index (χ4n) is 2.69. The first-order valence-electron chi connectivity index (χ1n) is 8.95. The van der Waals surface area contributed by atoms with Crippen molar-refractivity contribution in [3.63, 3.8) is 0 Å². The Morgan fingerprint density at radius 1 is 1.25 bits per heavy atom. The van der Waals surface area contributed by atoms with Crippen LogP contribution in [0.1, 0.15) is 29.2 Å². The summed E-state index contributed by atoms with van der Waals surface area (Å²) < 4.78 is 28.3. The molecule has 9 heteroatoms. The molecule has 0 fully saturated rings. The largest absolute Gasteiger partial charge is 0.357 e. The Morgan fingerprint density at radius 2 is 1.93 bits per heavy atom. The molecule has 2 aromatic rings. The topological polar surface area (TPSA) is 52.6 Å². The van der Waals surface area contributed by atoms with Gasteiger partial charge in [-0.2, -0.15) is 0 Å². The number of nitrogens with zero attached hydrogens (tertiary/aromatic N) is 3. The molecule has 5 nitrogen and oxygen atoms in total. The van der Waals surface area contributed by atoms with Gasteiger partial charge in [-0.25, -0.2) is 13.8 Å². The van der Waals surface area contributed by atoms with Gasteiger partial charge < -0.3 is 15.5 Å². The molecule has 0 amide bonds. The highest BCUT2D eigenvalue weighted by atomic mass is 127. The minimum absolute atomic E-state index is 0. The number of nitrogens with one attached hydrogen (secondary N) is 2. The highest BCUT2D eigenvalue weighted by Crippen LogP contribution is 2.24. The predicted molar refractivity (Wildman–Crippen MR) is 123 cm³/mol. The Morgan fingerprint density at radius 3 is 2.46 bits per heavy atom. The molecule has 0 saturated carbocycles. The maximum Gasteiger partial charge on any atom is 0.191 e. The lowest BCUT2D eigenvalue weighted by Crippen LogP contribution is -2.39. The van der Waals surface area contributed by atoms with Gasteiger partial charge in [-0.05, 0) is 40.1 Å². The zero-order chi connectivity index (χ0) is 19.8. The van der Waals surface area contributed by atoms with Crippen LogP contribution >= 0.6 is 35.3 Å². The summed E-state index contributed by atoms with van der Waals surface area (Å²) in [5, 5.41) is 9.51. The summed E-state index contributed by atoms with van der Waals surface area (Å²) in [5.74, 6) is -0.491. The van der Waals surface area contributed by atoms with Crippen LogP contribution in [0.25, 0.3) is 0 Å². The molecule has 156 valence electrons. The summed E-state index contributed by atoms with van der Waals surface area (Å²) in [7, 11) is 3.58. The van der Waals surface area contributed by atoms with Gasteiger partial charge in [0.2, 0.25) is 0 Å². The average Bonchev–Trinajstić information content (AvgIpc) is 3.02. The fraction of sp³-hybridized carbons (Fsp3) is 0.474. The number of hydrogen-bond acceptors (Lipinski definition) is 4. The lowest BCUT2D eigenvalue weighted by Gasteiger charge is -2.24. The van der Waals surface area contributed by atoms with Crippen LogP contribution in [0.4, 0.5) is 8.78 Å². The van der Waals surface area contributed by atoms with Gasteiger partial charge >= 0.3 is 0 Å². The monoisotopic (exact) mass is 523 g/mol. The zero-order valence-electron chi connectivity index (χ0n) is 16.6. The van der Waals surface area contributed by atoms with Crippen molar-refractivity contribution in [2.24, 2.45) is 4.99 Å². The molecular weight excluding hydrogens is 495 g/mol. The molecule has 0 aliphatic heterocycles. The van der Waals surface area contributed by atoms with Crippen molar-refractivity contribution in [3.8, 4) is 0 Å². The zero-order valence-corrected chi connectivity index (χ0v) is 19.8. The van der Waals surface area contributed by atoms with Crippen molar-refractivity contribution in [1.29, 1.82) is 0 Å². The second-order valence-electron chi connectivity index (χ2n) is 6.37. The van der Waals surface area contributed by atoms with Crippen LogP contribution in [0.2, 0.25) is 0 Å². The minimum Gasteiger partial charge on any atom is -0.357 e. The fourth-order valence-corrected chi connectivity index (χ4v) is 3.34. The molecule has 1 unspecified atom stereocenters. The highest BCUT2D eigenvalue weighted by molar-refractivity contribution is 14.0. The minimum atomic E-state index is -0.555. The second kappa shape index (κ2) is 12.3. The van der Waals surface area contributed by atoms with Gasteiger partial charge in [0, 0.05) is 30.5 Å². The van der Waals surface area contributed by atoms with E-state index in [1.54, 1.807) is 30.3 Å². The number of likely N-dealkylation sites (N-methyl/N-ethyl adjacent to an activating group) is 1. The van der Waals surface area contributed by atoms with E-state index in [2.05, 4.69) is 20.6 Å². The smallest absolute Gasteiger partial charge is 0.191 e. The molecule has 0 bridgehead atoms. The number of hydrogen-bond donors (Lipinski definition) is 2. The standard InChI is InChI=1S/C19H27F2N5S.HI/c1-5-22-19(23-10-9-14-12-27-13(2)25-14)24-11-17(26(3)4)18-15(20)7-6-8-16(18)21;/h6-8,12,17H,5,9-11H2,1-4H3,(H2,22,23,24);1H. The molecule has 1 aromatic carbocycles. The van der Waals surface area contributed by atoms with Gasteiger partial charge in [0.1, 0.15) is 11.6 Å². The van der Waals surface area contributed by atoms with Crippen LogP contribution < -0.4 is 10.6 Å². The number of aromatic nitrogens is 1. The van der Waals surface area contributed by atoms with Crippen LogP contribution in [0, 0.1) is 18.6 Å². The third-order valence-electron chi connectivity index (χ3n) is 4.06. The Labute approximate surface area is 186 Å². The molecule has 0 spiro atoms. The van der Waals surface area contributed by atoms with E-state index >= 15 is 0 Å². The summed E-state index contributed by atoms with van der Waals surface area (Å²) in [6.07, 6.45) is 0.786. The molecular formula is C19H28F2IN5S. The summed E-state index contributed by atoms with van der Waals surface area (Å²) >= 11 is 1.63. The van der Waals surface area contributed by atoms with E-state index in [0.717, 1.165) is 17.1 Å². The van der Waals surface area contributed by atoms with Crippen LogP contribution in [0.15, 0.2) is 28.6 Å². The molecule has 1 aromatic heterocycles. The molecule has 0 aliphatic carbocycles. The summed E-state index contributed by atoms with van der Waals surface area (Å²) in [6.45, 7) is 5.56. The van der Waals surface area contributed by atoms with Crippen molar-refractivity contribution < 1.29 is 8.78 Å². The Balaban J connectivity index is 0.00000392. The average molecular weight is 523 g/mol. The van der Waals surface area contributed by atoms with Crippen LogP contribution in [-0.4, -0.2) is 49.6 Å². The van der Waals surface area contributed by atoms with Gasteiger partial charge in [-0.15, -0.1) is 35.3 Å². The normalized spacial score (nSPS) is 12.6. The van der Waals surface area contributed by atoms with E-state index in [1.165, 1.54) is 18.2 Å². The highest BCUT2D eigenvalue weighted by Gasteiger charge is 2.22. The van der Waals surface area contributed by atoms with Gasteiger partial charge in [0.05, 0.1) is 23.3 Å². The number of thiazole rings is 1. The maximum absolute atomic E-state index is 14.2. The lowest BCUT2D eigenvalue weighted by atomic mass is 10.0. The molecule has 0 aliphatic rings. The number of aryl methyl sites for hydroxylation is 1.